The highest BCUT2D eigenvalue weighted by molar-refractivity contribution is 5.91. The van der Waals surface area contributed by atoms with Gasteiger partial charge in [0, 0.05) is 25.7 Å². The van der Waals surface area contributed by atoms with Crippen molar-refractivity contribution in [3.8, 4) is 0 Å². The first-order valence-electron chi connectivity index (χ1n) is 7.08. The smallest absolute Gasteiger partial charge is 0.220 e. The number of fused-ring (bicyclic) bond motifs is 1. The van der Waals surface area contributed by atoms with Gasteiger partial charge in [0.1, 0.15) is 17.8 Å². The summed E-state index contributed by atoms with van der Waals surface area (Å²) in [6.07, 6.45) is 5.07. The Labute approximate surface area is 117 Å². The zero-order valence-electron chi connectivity index (χ0n) is 11.8. The Balaban J connectivity index is 1.79. The number of rotatable bonds is 4. The Kier molecular flexibility index (Phi) is 3.30. The summed E-state index contributed by atoms with van der Waals surface area (Å²) in [6.45, 7) is 5.62. The highest BCUT2D eigenvalue weighted by Crippen LogP contribution is 2.29. The van der Waals surface area contributed by atoms with Crippen molar-refractivity contribution in [2.45, 2.75) is 32.7 Å². The first-order chi connectivity index (χ1) is 9.72. The molecular weight excluding hydrogens is 254 g/mol. The van der Waals surface area contributed by atoms with Crippen molar-refractivity contribution in [1.82, 2.24) is 20.3 Å². The Hall–Kier alpha value is -2.11. The molecule has 0 saturated carbocycles. The number of aromatic nitrogens is 3. The van der Waals surface area contributed by atoms with Crippen molar-refractivity contribution >= 4 is 22.8 Å². The van der Waals surface area contributed by atoms with Gasteiger partial charge < -0.3 is 15.2 Å². The molecule has 2 N–H and O–H groups in total. The first-order valence-corrected chi connectivity index (χ1v) is 7.08. The largest absolute Gasteiger partial charge is 0.352 e. The first kappa shape index (κ1) is 12.9. The summed E-state index contributed by atoms with van der Waals surface area (Å²) in [4.78, 5) is 25.4. The van der Waals surface area contributed by atoms with Gasteiger partial charge >= 0.3 is 0 Å². The Bertz CT molecular complexity index is 630. The average molecular weight is 273 g/mol. The monoisotopic (exact) mass is 273 g/mol. The number of carbonyl (C=O) groups excluding carboxylic acids is 1. The molecule has 1 amide bonds. The van der Waals surface area contributed by atoms with E-state index in [4.69, 9.17) is 0 Å². The van der Waals surface area contributed by atoms with E-state index in [1.165, 1.54) is 5.56 Å². The molecule has 106 valence electrons. The summed E-state index contributed by atoms with van der Waals surface area (Å²) in [6, 6.07) is 0.233. The second kappa shape index (κ2) is 5.11. The van der Waals surface area contributed by atoms with Gasteiger partial charge in [-0.25, -0.2) is 9.97 Å². The second-order valence-electron chi connectivity index (χ2n) is 5.11. The fourth-order valence-electron chi connectivity index (χ4n) is 2.60. The van der Waals surface area contributed by atoms with Crippen LogP contribution in [0.4, 0.5) is 5.82 Å². The number of hydrogen-bond donors (Lipinski definition) is 2. The fourth-order valence-corrected chi connectivity index (χ4v) is 2.60. The standard InChI is InChI=1S/C14H19N5O/c1-3-9-5-15-13-12(9)14(17-8-16-13)19-6-10(7-19)18-11(20)4-2/h5,8,10H,3-4,6-7H2,1-2H3,(H,18,20)(H,15,16,17). The fraction of sp³-hybridized carbons (Fsp3) is 0.500. The minimum Gasteiger partial charge on any atom is -0.352 e. The summed E-state index contributed by atoms with van der Waals surface area (Å²) < 4.78 is 0. The Morgan fingerprint density at radius 1 is 1.45 bits per heavy atom. The molecule has 6 nitrogen and oxygen atoms in total. The predicted molar refractivity (Wildman–Crippen MR) is 77.7 cm³/mol. The van der Waals surface area contributed by atoms with Crippen LogP contribution in [0.1, 0.15) is 25.8 Å². The molecule has 20 heavy (non-hydrogen) atoms. The molecule has 1 aliphatic heterocycles. The minimum atomic E-state index is 0.110. The van der Waals surface area contributed by atoms with Gasteiger partial charge in [0.25, 0.3) is 0 Å². The van der Waals surface area contributed by atoms with Crippen LogP contribution in [0, 0.1) is 0 Å². The van der Waals surface area contributed by atoms with Crippen LogP contribution in [0.15, 0.2) is 12.5 Å². The molecule has 0 unspecified atom stereocenters. The number of hydrogen-bond acceptors (Lipinski definition) is 4. The zero-order valence-corrected chi connectivity index (χ0v) is 11.8. The van der Waals surface area contributed by atoms with Crippen molar-refractivity contribution in [1.29, 1.82) is 0 Å². The third-order valence-corrected chi connectivity index (χ3v) is 3.78. The molecule has 1 saturated heterocycles. The Morgan fingerprint density at radius 3 is 2.95 bits per heavy atom. The molecule has 2 aromatic heterocycles. The molecule has 0 aromatic carbocycles. The molecule has 0 aliphatic carbocycles. The van der Waals surface area contributed by atoms with E-state index in [1.54, 1.807) is 6.33 Å². The number of carbonyl (C=O) groups is 1. The molecular formula is C14H19N5O. The molecule has 0 atom stereocenters. The van der Waals surface area contributed by atoms with Crippen molar-refractivity contribution in [3.05, 3.63) is 18.1 Å². The SMILES string of the molecule is CCC(=O)NC1CN(c2ncnc3[nH]cc(CC)c23)C1. The molecule has 0 radical (unpaired) electrons. The van der Waals surface area contributed by atoms with Crippen molar-refractivity contribution in [2.75, 3.05) is 18.0 Å². The molecule has 1 fully saturated rings. The highest BCUT2D eigenvalue weighted by atomic mass is 16.1. The van der Waals surface area contributed by atoms with E-state index < -0.39 is 0 Å². The van der Waals surface area contributed by atoms with Crippen LogP contribution in [0.5, 0.6) is 0 Å². The quantitative estimate of drug-likeness (QED) is 0.879. The van der Waals surface area contributed by atoms with Gasteiger partial charge in [0.05, 0.1) is 11.4 Å². The highest BCUT2D eigenvalue weighted by Gasteiger charge is 2.30. The van der Waals surface area contributed by atoms with Gasteiger partial charge in [-0.2, -0.15) is 0 Å². The van der Waals surface area contributed by atoms with E-state index in [0.29, 0.717) is 6.42 Å². The predicted octanol–water partition coefficient (Wildman–Crippen LogP) is 1.24. The number of nitrogens with one attached hydrogen (secondary N) is 2. The maximum Gasteiger partial charge on any atom is 0.220 e. The number of aromatic amines is 1. The van der Waals surface area contributed by atoms with Gasteiger partial charge in [-0.1, -0.05) is 13.8 Å². The summed E-state index contributed by atoms with van der Waals surface area (Å²) in [5, 5.41) is 4.11. The molecule has 1 aliphatic rings. The molecule has 3 rings (SSSR count). The van der Waals surface area contributed by atoms with E-state index in [1.807, 2.05) is 13.1 Å². The van der Waals surface area contributed by atoms with Gasteiger partial charge in [0.2, 0.25) is 5.91 Å². The third kappa shape index (κ3) is 2.11. The van der Waals surface area contributed by atoms with Crippen LogP contribution in [0.3, 0.4) is 0 Å². The minimum absolute atomic E-state index is 0.110. The van der Waals surface area contributed by atoms with Gasteiger partial charge in [-0.05, 0) is 12.0 Å². The molecule has 0 spiro atoms. The topological polar surface area (TPSA) is 73.9 Å². The molecule has 6 heteroatoms. The maximum atomic E-state index is 11.4. The van der Waals surface area contributed by atoms with Gasteiger partial charge in [0.15, 0.2) is 0 Å². The maximum absolute atomic E-state index is 11.4. The number of nitrogens with zero attached hydrogens (tertiary/aromatic N) is 3. The van der Waals surface area contributed by atoms with Crippen molar-refractivity contribution < 1.29 is 4.79 Å². The zero-order chi connectivity index (χ0) is 14.1. The molecule has 2 aromatic rings. The van der Waals surface area contributed by atoms with E-state index in [2.05, 4.69) is 32.1 Å². The van der Waals surface area contributed by atoms with Crippen molar-refractivity contribution in [2.24, 2.45) is 0 Å². The second-order valence-corrected chi connectivity index (χ2v) is 5.11. The van der Waals surface area contributed by atoms with Gasteiger partial charge in [-0.3, -0.25) is 4.79 Å². The van der Waals surface area contributed by atoms with E-state index in [9.17, 15) is 4.79 Å². The van der Waals surface area contributed by atoms with Crippen LogP contribution in [-0.2, 0) is 11.2 Å². The van der Waals surface area contributed by atoms with Crippen LogP contribution in [0.2, 0.25) is 0 Å². The summed E-state index contributed by atoms with van der Waals surface area (Å²) in [7, 11) is 0. The Morgan fingerprint density at radius 2 is 2.25 bits per heavy atom. The number of H-pyrrole nitrogens is 1. The van der Waals surface area contributed by atoms with Crippen LogP contribution >= 0.6 is 0 Å². The lowest BCUT2D eigenvalue weighted by molar-refractivity contribution is -0.121. The van der Waals surface area contributed by atoms with E-state index in [-0.39, 0.29) is 11.9 Å². The van der Waals surface area contributed by atoms with Crippen LogP contribution in [0.25, 0.3) is 11.0 Å². The third-order valence-electron chi connectivity index (χ3n) is 3.78. The lowest BCUT2D eigenvalue weighted by Gasteiger charge is -2.40. The van der Waals surface area contributed by atoms with E-state index in [0.717, 1.165) is 36.4 Å². The van der Waals surface area contributed by atoms with Crippen LogP contribution in [-0.4, -0.2) is 40.0 Å². The van der Waals surface area contributed by atoms with Crippen LogP contribution < -0.4 is 10.2 Å². The number of amides is 1. The average Bonchev–Trinajstić information content (AvgIpc) is 2.85. The normalized spacial score (nSPS) is 15.4. The number of aryl methyl sites for hydroxylation is 1. The van der Waals surface area contributed by atoms with Crippen molar-refractivity contribution in [3.63, 3.8) is 0 Å². The number of anilines is 1. The van der Waals surface area contributed by atoms with E-state index >= 15 is 0 Å². The lowest BCUT2D eigenvalue weighted by atomic mass is 10.1. The summed E-state index contributed by atoms with van der Waals surface area (Å²) in [5.74, 6) is 1.08. The lowest BCUT2D eigenvalue weighted by Crippen LogP contribution is -2.59. The van der Waals surface area contributed by atoms with Gasteiger partial charge in [-0.15, -0.1) is 0 Å². The molecule has 3 heterocycles. The summed E-state index contributed by atoms with van der Waals surface area (Å²) in [5.41, 5.74) is 2.12. The summed E-state index contributed by atoms with van der Waals surface area (Å²) >= 11 is 0. The molecule has 0 bridgehead atoms.